The Balaban J connectivity index is 1.39. The summed E-state index contributed by atoms with van der Waals surface area (Å²) in [5.74, 6) is 0.862. The maximum atomic E-state index is 12.8. The predicted octanol–water partition coefficient (Wildman–Crippen LogP) is 3.61. The molecule has 2 aliphatic rings. The summed E-state index contributed by atoms with van der Waals surface area (Å²) in [7, 11) is 0. The number of amides is 1. The monoisotopic (exact) mass is 342 g/mol. The molecule has 2 fully saturated rings. The molecule has 1 aromatic carbocycles. The van der Waals surface area contributed by atoms with Crippen LogP contribution in [-0.4, -0.2) is 34.0 Å². The second-order valence-electron chi connectivity index (χ2n) is 6.83. The molecule has 0 bridgehead atoms. The number of likely N-dealkylation sites (tertiary alicyclic amines) is 1. The van der Waals surface area contributed by atoms with Crippen LogP contribution < -0.4 is 0 Å². The van der Waals surface area contributed by atoms with Gasteiger partial charge in [-0.05, 0) is 37.2 Å². The molecule has 1 amide bonds. The van der Waals surface area contributed by atoms with E-state index in [2.05, 4.69) is 4.98 Å². The van der Waals surface area contributed by atoms with Crippen molar-refractivity contribution in [1.29, 1.82) is 0 Å². The molecule has 2 heterocycles. The summed E-state index contributed by atoms with van der Waals surface area (Å²) in [4.78, 5) is 20.0. The first-order valence-electron chi connectivity index (χ1n) is 8.69. The van der Waals surface area contributed by atoms with Gasteiger partial charge in [0, 0.05) is 19.0 Å². The Morgan fingerprint density at radius 2 is 1.88 bits per heavy atom. The van der Waals surface area contributed by atoms with E-state index in [1.54, 1.807) is 5.51 Å². The minimum atomic E-state index is -0.436. The summed E-state index contributed by atoms with van der Waals surface area (Å²) >= 11 is 1.47. The van der Waals surface area contributed by atoms with Crippen molar-refractivity contribution in [3.63, 3.8) is 0 Å². The molecule has 1 saturated carbocycles. The van der Waals surface area contributed by atoms with Crippen molar-refractivity contribution in [2.24, 2.45) is 5.92 Å². The van der Waals surface area contributed by atoms with Crippen molar-refractivity contribution in [3.8, 4) is 0 Å². The third-order valence-corrected chi connectivity index (χ3v) is 6.00. The van der Waals surface area contributed by atoms with Gasteiger partial charge in [-0.25, -0.2) is 4.98 Å². The first kappa shape index (κ1) is 15.8. The number of carbonyl (C=O) groups is 1. The number of nitrogens with zero attached hydrogens (tertiary/aromatic N) is 2. The fourth-order valence-electron chi connectivity index (χ4n) is 3.55. The van der Waals surface area contributed by atoms with Crippen molar-refractivity contribution < 1.29 is 9.90 Å². The van der Waals surface area contributed by atoms with Gasteiger partial charge in [0.1, 0.15) is 4.88 Å². The van der Waals surface area contributed by atoms with Crippen LogP contribution in [0.2, 0.25) is 0 Å². The molecule has 0 radical (unpaired) electrons. The van der Waals surface area contributed by atoms with Crippen LogP contribution in [0, 0.1) is 5.92 Å². The molecule has 2 aromatic rings. The Morgan fingerprint density at radius 1 is 1.17 bits per heavy atom. The lowest BCUT2D eigenvalue weighted by atomic mass is 9.87. The summed E-state index contributed by atoms with van der Waals surface area (Å²) < 4.78 is 0. The van der Waals surface area contributed by atoms with Gasteiger partial charge in [-0.2, -0.15) is 0 Å². The second-order valence-corrected chi connectivity index (χ2v) is 7.68. The van der Waals surface area contributed by atoms with E-state index in [4.69, 9.17) is 0 Å². The van der Waals surface area contributed by atoms with Gasteiger partial charge in [0.2, 0.25) is 0 Å². The van der Waals surface area contributed by atoms with Crippen LogP contribution in [0.5, 0.6) is 0 Å². The van der Waals surface area contributed by atoms with Crippen LogP contribution in [0.15, 0.2) is 35.8 Å². The van der Waals surface area contributed by atoms with Crippen LogP contribution >= 0.6 is 11.3 Å². The second kappa shape index (κ2) is 6.65. The molecule has 1 aliphatic heterocycles. The fourth-order valence-corrected chi connectivity index (χ4v) is 4.39. The van der Waals surface area contributed by atoms with Crippen LogP contribution in [0.25, 0.3) is 0 Å². The molecule has 1 N–H and O–H groups in total. The number of aliphatic hydroxyl groups is 1. The Morgan fingerprint density at radius 3 is 2.54 bits per heavy atom. The Kier molecular flexibility index (Phi) is 4.37. The van der Waals surface area contributed by atoms with E-state index in [0.29, 0.717) is 5.92 Å². The largest absolute Gasteiger partial charge is 0.388 e. The summed E-state index contributed by atoms with van der Waals surface area (Å²) in [5, 5.41) is 10.6. The summed E-state index contributed by atoms with van der Waals surface area (Å²) in [6, 6.07) is 9.83. The predicted molar refractivity (Wildman–Crippen MR) is 94.1 cm³/mol. The van der Waals surface area contributed by atoms with Crippen molar-refractivity contribution in [3.05, 3.63) is 52.0 Å². The summed E-state index contributed by atoms with van der Waals surface area (Å²) in [6.07, 6.45) is 3.58. The zero-order valence-corrected chi connectivity index (χ0v) is 14.4. The van der Waals surface area contributed by atoms with Gasteiger partial charge < -0.3 is 10.0 Å². The van der Waals surface area contributed by atoms with Gasteiger partial charge >= 0.3 is 0 Å². The lowest BCUT2D eigenvalue weighted by molar-refractivity contribution is 0.0464. The number of aliphatic hydroxyl groups excluding tert-OH is 1. The highest BCUT2D eigenvalue weighted by Gasteiger charge is 2.34. The minimum absolute atomic E-state index is 0.132. The SMILES string of the molecule is O=C(c1scnc1C1CC1)N1CCC(C(O)c2ccccc2)CC1. The van der Waals surface area contributed by atoms with Gasteiger partial charge in [0.15, 0.2) is 0 Å². The van der Waals surface area contributed by atoms with E-state index >= 15 is 0 Å². The van der Waals surface area contributed by atoms with E-state index in [1.165, 1.54) is 11.3 Å². The molecule has 1 saturated heterocycles. The van der Waals surface area contributed by atoms with Gasteiger partial charge in [-0.1, -0.05) is 30.3 Å². The van der Waals surface area contributed by atoms with Gasteiger partial charge in [-0.3, -0.25) is 4.79 Å². The average Bonchev–Trinajstić information content (AvgIpc) is 3.38. The first-order chi connectivity index (χ1) is 11.7. The fraction of sp³-hybridized carbons (Fsp3) is 0.474. The molecule has 24 heavy (non-hydrogen) atoms. The quantitative estimate of drug-likeness (QED) is 0.923. The van der Waals surface area contributed by atoms with Crippen LogP contribution in [0.4, 0.5) is 0 Å². The van der Waals surface area contributed by atoms with Crippen LogP contribution in [0.1, 0.15) is 58.6 Å². The standard InChI is InChI=1S/C19H22N2O2S/c22-17(14-4-2-1-3-5-14)15-8-10-21(11-9-15)19(23)18-16(13-6-7-13)20-12-24-18/h1-5,12-13,15,17,22H,6-11H2. The Bertz CT molecular complexity index is 703. The number of hydrogen-bond acceptors (Lipinski definition) is 4. The molecular weight excluding hydrogens is 320 g/mol. The van der Waals surface area contributed by atoms with Gasteiger partial charge in [0.25, 0.3) is 5.91 Å². The highest BCUT2D eigenvalue weighted by atomic mass is 32.1. The van der Waals surface area contributed by atoms with Gasteiger partial charge in [-0.15, -0.1) is 11.3 Å². The highest BCUT2D eigenvalue weighted by Crippen LogP contribution is 2.42. The van der Waals surface area contributed by atoms with Crippen molar-refractivity contribution in [2.75, 3.05) is 13.1 Å². The lowest BCUT2D eigenvalue weighted by Gasteiger charge is -2.34. The lowest BCUT2D eigenvalue weighted by Crippen LogP contribution is -2.39. The smallest absolute Gasteiger partial charge is 0.265 e. The molecular formula is C19H22N2O2S. The maximum Gasteiger partial charge on any atom is 0.265 e. The third-order valence-electron chi connectivity index (χ3n) is 5.17. The number of aromatic nitrogens is 1. The molecule has 1 aliphatic carbocycles. The number of hydrogen-bond donors (Lipinski definition) is 1. The molecule has 4 rings (SSSR count). The van der Waals surface area contributed by atoms with E-state index in [1.807, 2.05) is 35.2 Å². The van der Waals surface area contributed by atoms with Crippen LogP contribution in [-0.2, 0) is 0 Å². The van der Waals surface area contributed by atoms with Gasteiger partial charge in [0.05, 0.1) is 17.3 Å². The zero-order valence-electron chi connectivity index (χ0n) is 13.6. The van der Waals surface area contributed by atoms with Crippen LogP contribution in [0.3, 0.4) is 0 Å². The molecule has 126 valence electrons. The molecule has 5 heteroatoms. The number of benzene rings is 1. The number of rotatable bonds is 4. The third kappa shape index (κ3) is 3.10. The molecule has 1 atom stereocenters. The first-order valence-corrected chi connectivity index (χ1v) is 9.57. The topological polar surface area (TPSA) is 53.4 Å². The molecule has 0 spiro atoms. The van der Waals surface area contributed by atoms with E-state index in [9.17, 15) is 9.90 Å². The number of carbonyl (C=O) groups excluding carboxylic acids is 1. The molecule has 4 nitrogen and oxygen atoms in total. The average molecular weight is 342 g/mol. The molecule has 1 aromatic heterocycles. The van der Waals surface area contributed by atoms with Crippen molar-refractivity contribution in [2.45, 2.75) is 37.7 Å². The maximum absolute atomic E-state index is 12.8. The minimum Gasteiger partial charge on any atom is -0.388 e. The zero-order chi connectivity index (χ0) is 16.5. The van der Waals surface area contributed by atoms with E-state index < -0.39 is 6.10 Å². The normalized spacial score (nSPS) is 20.1. The van der Waals surface area contributed by atoms with Crippen molar-refractivity contribution >= 4 is 17.2 Å². The summed E-state index contributed by atoms with van der Waals surface area (Å²) in [5.41, 5.74) is 3.78. The Labute approximate surface area is 146 Å². The molecule has 1 unspecified atom stereocenters. The van der Waals surface area contributed by atoms with E-state index in [0.717, 1.165) is 54.9 Å². The highest BCUT2D eigenvalue weighted by molar-refractivity contribution is 7.11. The summed E-state index contributed by atoms with van der Waals surface area (Å²) in [6.45, 7) is 1.44. The van der Waals surface area contributed by atoms with Crippen molar-refractivity contribution in [1.82, 2.24) is 9.88 Å². The number of thiazole rings is 1. The van der Waals surface area contributed by atoms with E-state index in [-0.39, 0.29) is 11.8 Å². The Hall–Kier alpha value is -1.72. The number of piperidine rings is 1.